The number of benzene rings is 4. The van der Waals surface area contributed by atoms with Crippen LogP contribution in [0, 0.1) is 11.3 Å². The molecule has 0 aliphatic rings. The Morgan fingerprint density at radius 3 is 1.95 bits per heavy atom. The largest absolute Gasteiger partial charge is 0.343 e. The number of likely N-dealkylation sites (N-methyl/N-ethyl adjacent to an activating group) is 1. The van der Waals surface area contributed by atoms with Gasteiger partial charge in [-0.2, -0.15) is 5.26 Å². The Morgan fingerprint density at radius 2 is 1.38 bits per heavy atom. The van der Waals surface area contributed by atoms with E-state index in [4.69, 9.17) is 0 Å². The molecular formula is C35H36N4S. The molecule has 0 aliphatic heterocycles. The Morgan fingerprint density at radius 1 is 0.775 bits per heavy atom. The van der Waals surface area contributed by atoms with Crippen molar-refractivity contribution in [3.05, 3.63) is 143 Å². The molecule has 202 valence electrons. The molecule has 0 fully saturated rings. The third-order valence-electron chi connectivity index (χ3n) is 7.30. The molecule has 0 radical (unpaired) electrons. The predicted octanol–water partition coefficient (Wildman–Crippen LogP) is 7.73. The molecule has 5 rings (SSSR count). The van der Waals surface area contributed by atoms with E-state index in [1.165, 1.54) is 33.2 Å². The monoisotopic (exact) mass is 544 g/mol. The van der Waals surface area contributed by atoms with Gasteiger partial charge in [0.2, 0.25) is 0 Å². The van der Waals surface area contributed by atoms with E-state index >= 15 is 0 Å². The summed E-state index contributed by atoms with van der Waals surface area (Å²) in [6.45, 7) is 1.80. The van der Waals surface area contributed by atoms with Gasteiger partial charge in [-0.25, -0.2) is 4.31 Å². The number of fused-ring (bicyclic) bond motifs is 1. The number of aromatic nitrogens is 1. The molecule has 0 saturated heterocycles. The lowest BCUT2D eigenvalue weighted by Crippen LogP contribution is -2.20. The number of nitrogens with zero attached hydrogens (tertiary/aromatic N) is 4. The van der Waals surface area contributed by atoms with Crippen molar-refractivity contribution in [2.24, 2.45) is 0 Å². The highest BCUT2D eigenvalue weighted by molar-refractivity contribution is 7.97. The first-order valence-corrected chi connectivity index (χ1v) is 14.6. The number of rotatable bonds is 11. The normalized spacial score (nSPS) is 12.3. The van der Waals surface area contributed by atoms with Crippen molar-refractivity contribution in [3.8, 4) is 6.07 Å². The van der Waals surface area contributed by atoms with E-state index in [0.29, 0.717) is 0 Å². The van der Waals surface area contributed by atoms with Crippen LogP contribution in [0.5, 0.6) is 0 Å². The summed E-state index contributed by atoms with van der Waals surface area (Å²) in [5.41, 5.74) is 7.27. The van der Waals surface area contributed by atoms with Gasteiger partial charge in [-0.3, -0.25) is 0 Å². The van der Waals surface area contributed by atoms with Crippen LogP contribution in [0.25, 0.3) is 10.9 Å². The fourth-order valence-electron chi connectivity index (χ4n) is 5.27. The summed E-state index contributed by atoms with van der Waals surface area (Å²) in [6, 6.07) is 40.9. The van der Waals surface area contributed by atoms with Gasteiger partial charge in [-0.1, -0.05) is 109 Å². The second-order valence-electron chi connectivity index (χ2n) is 10.5. The topological polar surface area (TPSA) is 35.2 Å². The van der Waals surface area contributed by atoms with Gasteiger partial charge in [0.15, 0.2) is 0 Å². The van der Waals surface area contributed by atoms with Crippen LogP contribution < -0.4 is 0 Å². The van der Waals surface area contributed by atoms with Gasteiger partial charge in [-0.15, -0.1) is 0 Å². The van der Waals surface area contributed by atoms with Crippen molar-refractivity contribution in [3.63, 3.8) is 0 Å². The van der Waals surface area contributed by atoms with Crippen molar-refractivity contribution in [1.82, 2.24) is 13.8 Å². The predicted molar refractivity (Wildman–Crippen MR) is 168 cm³/mol. The fraction of sp³-hybridized carbons (Fsp3) is 0.229. The smallest absolute Gasteiger partial charge is 0.131 e. The summed E-state index contributed by atoms with van der Waals surface area (Å²) < 4.78 is 4.58. The lowest BCUT2D eigenvalue weighted by atomic mass is 9.99. The Kier molecular flexibility index (Phi) is 9.03. The first-order chi connectivity index (χ1) is 19.5. The third-order valence-corrected chi connectivity index (χ3v) is 8.43. The van der Waals surface area contributed by atoms with Crippen molar-refractivity contribution in [2.75, 3.05) is 27.7 Å². The quantitative estimate of drug-likeness (QED) is 0.159. The van der Waals surface area contributed by atoms with Crippen LogP contribution in [-0.2, 0) is 13.0 Å². The molecule has 1 atom stereocenters. The molecule has 0 N–H and O–H groups in total. The summed E-state index contributed by atoms with van der Waals surface area (Å²) in [7, 11) is 6.32. The van der Waals surface area contributed by atoms with Gasteiger partial charge in [0.05, 0.1) is 12.1 Å². The van der Waals surface area contributed by atoms with E-state index in [9.17, 15) is 5.26 Å². The summed E-state index contributed by atoms with van der Waals surface area (Å²) in [5.74, 6) is 0. The van der Waals surface area contributed by atoms with E-state index in [-0.39, 0.29) is 11.3 Å². The molecular weight excluding hydrogens is 508 g/mol. The maximum atomic E-state index is 10.4. The summed E-state index contributed by atoms with van der Waals surface area (Å²) in [6.07, 6.45) is 3.26. The maximum Gasteiger partial charge on any atom is 0.131 e. The second kappa shape index (κ2) is 13.0. The van der Waals surface area contributed by atoms with Crippen molar-refractivity contribution >= 4 is 22.9 Å². The molecule has 0 bridgehead atoms. The van der Waals surface area contributed by atoms with E-state index < -0.39 is 0 Å². The number of hydrogen-bond donors (Lipinski definition) is 0. The Labute approximate surface area is 242 Å². The second-order valence-corrected chi connectivity index (χ2v) is 11.7. The summed E-state index contributed by atoms with van der Waals surface area (Å²) in [4.78, 5) is 2.22. The fourth-order valence-corrected chi connectivity index (χ4v) is 6.29. The van der Waals surface area contributed by atoms with E-state index in [1.807, 2.05) is 12.1 Å². The lowest BCUT2D eigenvalue weighted by Gasteiger charge is -2.29. The molecule has 40 heavy (non-hydrogen) atoms. The van der Waals surface area contributed by atoms with Crippen molar-refractivity contribution < 1.29 is 0 Å². The van der Waals surface area contributed by atoms with Crippen LogP contribution in [0.2, 0.25) is 0 Å². The Hall–Kier alpha value is -3.82. The zero-order valence-corrected chi connectivity index (χ0v) is 24.3. The minimum Gasteiger partial charge on any atom is -0.343 e. The van der Waals surface area contributed by atoms with Crippen LogP contribution in [0.4, 0.5) is 0 Å². The Bertz CT molecular complexity index is 1520. The maximum absolute atomic E-state index is 10.4. The molecule has 1 heterocycles. The zero-order chi connectivity index (χ0) is 27.9. The van der Waals surface area contributed by atoms with Crippen LogP contribution in [0.1, 0.15) is 39.1 Å². The van der Waals surface area contributed by atoms with Crippen molar-refractivity contribution in [1.29, 1.82) is 5.26 Å². The molecule has 0 saturated carbocycles. The molecule has 5 aromatic rings. The van der Waals surface area contributed by atoms with Gasteiger partial charge in [0.25, 0.3) is 0 Å². The molecule has 0 aliphatic carbocycles. The van der Waals surface area contributed by atoms with Gasteiger partial charge in [0, 0.05) is 30.2 Å². The van der Waals surface area contributed by atoms with Crippen molar-refractivity contribution in [2.45, 2.75) is 24.3 Å². The van der Waals surface area contributed by atoms with Crippen LogP contribution >= 0.6 is 11.9 Å². The average Bonchev–Trinajstić information content (AvgIpc) is 3.33. The average molecular weight is 545 g/mol. The lowest BCUT2D eigenvalue weighted by molar-refractivity contribution is 0.414. The standard InChI is InChI=1S/C35H36N4S/c1-37(2)22-21-31-26-39(25-27-13-7-4-8-14-27)33-20-19-30(23-32(31)33)34(24-36)40-38(3)35(28-15-9-5-10-16-28)29-17-11-6-12-18-29/h4-20,23,26,34-35H,21-22,25H2,1-3H3. The minimum atomic E-state index is -0.330. The highest BCUT2D eigenvalue weighted by Crippen LogP contribution is 2.40. The number of hydrogen-bond acceptors (Lipinski definition) is 4. The number of nitriles is 1. The van der Waals surface area contributed by atoms with Gasteiger partial charge < -0.3 is 9.47 Å². The SMILES string of the molecule is CN(C)CCc1cn(Cc2ccccc2)c2ccc(C(C#N)SN(C)C(c3ccccc3)c3ccccc3)cc12. The van der Waals surface area contributed by atoms with Gasteiger partial charge in [-0.05, 0) is 67.5 Å². The molecule has 1 aromatic heterocycles. The van der Waals surface area contributed by atoms with Gasteiger partial charge in [0.1, 0.15) is 5.25 Å². The first kappa shape index (κ1) is 27.7. The highest BCUT2D eigenvalue weighted by atomic mass is 32.2. The third kappa shape index (κ3) is 6.48. The summed E-state index contributed by atoms with van der Waals surface area (Å²) >= 11 is 1.59. The van der Waals surface area contributed by atoms with Crippen LogP contribution in [0.15, 0.2) is 115 Å². The molecule has 4 aromatic carbocycles. The van der Waals surface area contributed by atoms with Crippen LogP contribution in [0.3, 0.4) is 0 Å². The molecule has 0 spiro atoms. The molecule has 1 unspecified atom stereocenters. The van der Waals surface area contributed by atoms with E-state index in [0.717, 1.165) is 25.1 Å². The highest BCUT2D eigenvalue weighted by Gasteiger charge is 2.24. The molecule has 0 amide bonds. The summed E-state index contributed by atoms with van der Waals surface area (Å²) in [5, 5.41) is 11.3. The van der Waals surface area contributed by atoms with Gasteiger partial charge >= 0.3 is 0 Å². The van der Waals surface area contributed by atoms with Crippen LogP contribution in [-0.4, -0.2) is 41.5 Å². The molecule has 4 nitrogen and oxygen atoms in total. The first-order valence-electron chi connectivity index (χ1n) is 13.7. The minimum absolute atomic E-state index is 0.0367. The molecule has 5 heteroatoms. The zero-order valence-electron chi connectivity index (χ0n) is 23.4. The van der Waals surface area contributed by atoms with E-state index in [1.54, 1.807) is 11.9 Å². The van der Waals surface area contributed by atoms with E-state index in [2.05, 4.69) is 144 Å². The Balaban J connectivity index is 1.47.